The van der Waals surface area contributed by atoms with Crippen LogP contribution in [-0.2, 0) is 4.74 Å². The van der Waals surface area contributed by atoms with E-state index in [1.807, 2.05) is 18.2 Å². The zero-order chi connectivity index (χ0) is 14.1. The fourth-order valence-corrected chi connectivity index (χ4v) is 2.15. The highest BCUT2D eigenvalue weighted by Crippen LogP contribution is 2.26. The summed E-state index contributed by atoms with van der Waals surface area (Å²) in [6.07, 6.45) is 1.52. The maximum absolute atomic E-state index is 11.5. The molecule has 0 aliphatic carbocycles. The van der Waals surface area contributed by atoms with Gasteiger partial charge in [-0.2, -0.15) is 0 Å². The zero-order valence-electron chi connectivity index (χ0n) is 10.5. The Kier molecular flexibility index (Phi) is 3.23. The van der Waals surface area contributed by atoms with Crippen LogP contribution in [0, 0.1) is 0 Å². The average Bonchev–Trinajstić information content (AvgIpc) is 2.89. The molecule has 0 amide bonds. The maximum atomic E-state index is 11.5. The minimum absolute atomic E-state index is 0.216. The molecule has 3 aromatic rings. The van der Waals surface area contributed by atoms with Crippen molar-refractivity contribution in [2.24, 2.45) is 0 Å². The van der Waals surface area contributed by atoms with Crippen LogP contribution in [0.5, 0.6) is 0 Å². The van der Waals surface area contributed by atoms with Crippen LogP contribution in [0.3, 0.4) is 0 Å². The molecular weight excluding hydrogens is 324 g/mol. The van der Waals surface area contributed by atoms with Crippen molar-refractivity contribution in [1.29, 1.82) is 0 Å². The Morgan fingerprint density at radius 1 is 1.30 bits per heavy atom. The van der Waals surface area contributed by atoms with Gasteiger partial charge in [0.25, 0.3) is 0 Å². The van der Waals surface area contributed by atoms with Gasteiger partial charge >= 0.3 is 5.97 Å². The number of pyridine rings is 1. The second-order valence-corrected chi connectivity index (χ2v) is 4.97. The summed E-state index contributed by atoms with van der Waals surface area (Å²) in [6.45, 7) is 0. The normalized spacial score (nSPS) is 10.7. The van der Waals surface area contributed by atoms with Crippen molar-refractivity contribution in [3.8, 4) is 11.5 Å². The molecule has 100 valence electrons. The van der Waals surface area contributed by atoms with Crippen molar-refractivity contribution in [3.05, 3.63) is 46.7 Å². The van der Waals surface area contributed by atoms with Crippen molar-refractivity contribution in [1.82, 2.24) is 9.97 Å². The van der Waals surface area contributed by atoms with E-state index in [1.165, 1.54) is 13.3 Å². The molecule has 0 spiro atoms. The molecule has 2 heterocycles. The minimum atomic E-state index is -0.495. The van der Waals surface area contributed by atoms with Crippen LogP contribution in [0.15, 0.2) is 45.4 Å². The molecule has 6 heteroatoms. The van der Waals surface area contributed by atoms with Gasteiger partial charge in [-0.05, 0) is 30.3 Å². The van der Waals surface area contributed by atoms with Gasteiger partial charge in [0.05, 0.1) is 7.11 Å². The van der Waals surface area contributed by atoms with E-state index in [2.05, 4.69) is 30.6 Å². The fraction of sp³-hybridized carbons (Fsp3) is 0.0714. The quantitative estimate of drug-likeness (QED) is 0.672. The van der Waals surface area contributed by atoms with Crippen LogP contribution in [0.25, 0.3) is 22.6 Å². The molecule has 0 atom stereocenters. The summed E-state index contributed by atoms with van der Waals surface area (Å²) >= 11 is 3.39. The van der Waals surface area contributed by atoms with Crippen molar-refractivity contribution in [2.75, 3.05) is 7.11 Å². The molecule has 5 nitrogen and oxygen atoms in total. The van der Waals surface area contributed by atoms with E-state index < -0.39 is 5.97 Å². The summed E-state index contributed by atoms with van der Waals surface area (Å²) < 4.78 is 11.2. The van der Waals surface area contributed by atoms with E-state index in [4.69, 9.17) is 4.42 Å². The summed E-state index contributed by atoms with van der Waals surface area (Å²) in [4.78, 5) is 19.8. The predicted octanol–water partition coefficient (Wildman–Crippen LogP) is 3.44. The number of oxazole rings is 1. The highest BCUT2D eigenvalue weighted by Gasteiger charge is 2.12. The Morgan fingerprint density at radius 2 is 2.15 bits per heavy atom. The number of carbonyl (C=O) groups is 1. The van der Waals surface area contributed by atoms with E-state index in [0.717, 1.165) is 9.99 Å². The molecular formula is C14H9BrN2O3. The van der Waals surface area contributed by atoms with Crippen LogP contribution < -0.4 is 0 Å². The summed E-state index contributed by atoms with van der Waals surface area (Å²) in [6, 6.07) is 8.89. The Labute approximate surface area is 122 Å². The number of methoxy groups -OCH3 is 1. The smallest absolute Gasteiger partial charge is 0.356 e. The van der Waals surface area contributed by atoms with Gasteiger partial charge in [-0.25, -0.2) is 14.8 Å². The van der Waals surface area contributed by atoms with E-state index in [9.17, 15) is 4.79 Å². The molecule has 3 rings (SSSR count). The highest BCUT2D eigenvalue weighted by molar-refractivity contribution is 9.10. The Bertz CT molecular complexity index is 798. The fourth-order valence-electron chi connectivity index (χ4n) is 1.80. The summed E-state index contributed by atoms with van der Waals surface area (Å²) in [5.41, 5.74) is 2.31. The van der Waals surface area contributed by atoms with Crippen molar-refractivity contribution in [3.63, 3.8) is 0 Å². The van der Waals surface area contributed by atoms with Crippen LogP contribution in [-0.4, -0.2) is 23.0 Å². The number of aromatic nitrogens is 2. The van der Waals surface area contributed by atoms with Crippen LogP contribution in [0.4, 0.5) is 0 Å². The van der Waals surface area contributed by atoms with E-state index >= 15 is 0 Å². The lowest BCUT2D eigenvalue weighted by Crippen LogP contribution is -2.03. The average molecular weight is 333 g/mol. The van der Waals surface area contributed by atoms with Gasteiger partial charge < -0.3 is 9.15 Å². The van der Waals surface area contributed by atoms with E-state index in [0.29, 0.717) is 17.0 Å². The number of nitrogens with zero attached hydrogens (tertiary/aromatic N) is 2. The lowest BCUT2D eigenvalue weighted by atomic mass is 10.2. The Morgan fingerprint density at radius 3 is 2.95 bits per heavy atom. The molecule has 0 fully saturated rings. The molecule has 0 aliphatic rings. The number of esters is 1. The number of benzene rings is 1. The molecule has 0 unspecified atom stereocenters. The minimum Gasteiger partial charge on any atom is -0.464 e. The summed E-state index contributed by atoms with van der Waals surface area (Å²) in [7, 11) is 1.31. The topological polar surface area (TPSA) is 65.2 Å². The lowest BCUT2D eigenvalue weighted by Gasteiger charge is -1.99. The van der Waals surface area contributed by atoms with Gasteiger partial charge in [-0.1, -0.05) is 15.9 Å². The molecule has 0 bridgehead atoms. The molecule has 20 heavy (non-hydrogen) atoms. The van der Waals surface area contributed by atoms with E-state index in [-0.39, 0.29) is 5.69 Å². The largest absolute Gasteiger partial charge is 0.464 e. The third-order valence-electron chi connectivity index (χ3n) is 2.75. The highest BCUT2D eigenvalue weighted by atomic mass is 79.9. The number of halogens is 1. The molecule has 0 radical (unpaired) electrons. The number of hydrogen-bond acceptors (Lipinski definition) is 5. The first-order valence-corrected chi connectivity index (χ1v) is 6.57. The molecule has 0 aliphatic heterocycles. The number of carbonyl (C=O) groups excluding carboxylic acids is 1. The third kappa shape index (κ3) is 2.30. The molecule has 1 aromatic carbocycles. The molecule has 0 saturated heterocycles. The molecule has 2 aromatic heterocycles. The Balaban J connectivity index is 2.08. The first kappa shape index (κ1) is 12.8. The van der Waals surface area contributed by atoms with Gasteiger partial charge in [-0.15, -0.1) is 0 Å². The first-order valence-electron chi connectivity index (χ1n) is 5.78. The zero-order valence-corrected chi connectivity index (χ0v) is 12.0. The van der Waals surface area contributed by atoms with E-state index in [1.54, 1.807) is 12.1 Å². The van der Waals surface area contributed by atoms with Crippen LogP contribution >= 0.6 is 15.9 Å². The van der Waals surface area contributed by atoms with Crippen molar-refractivity contribution < 1.29 is 13.9 Å². The SMILES string of the molecule is COC(=O)c1cc(-c2nc3cc(Br)ccc3o2)ccn1. The number of rotatable bonds is 2. The second-order valence-electron chi connectivity index (χ2n) is 4.05. The number of hydrogen-bond donors (Lipinski definition) is 0. The second kappa shape index (κ2) is 5.05. The summed E-state index contributed by atoms with van der Waals surface area (Å²) in [5, 5.41) is 0. The monoisotopic (exact) mass is 332 g/mol. The van der Waals surface area contributed by atoms with Gasteiger partial charge in [0.15, 0.2) is 5.58 Å². The molecule has 0 N–H and O–H groups in total. The standard InChI is InChI=1S/C14H9BrN2O3/c1-19-14(18)11-6-8(4-5-16-11)13-17-10-7-9(15)2-3-12(10)20-13/h2-7H,1H3. The Hall–Kier alpha value is -2.21. The molecule has 0 saturated carbocycles. The number of fused-ring (bicyclic) bond motifs is 1. The third-order valence-corrected chi connectivity index (χ3v) is 3.24. The lowest BCUT2D eigenvalue weighted by molar-refractivity contribution is 0.0594. The van der Waals surface area contributed by atoms with Crippen LogP contribution in [0.2, 0.25) is 0 Å². The van der Waals surface area contributed by atoms with Crippen LogP contribution in [0.1, 0.15) is 10.5 Å². The number of ether oxygens (including phenoxy) is 1. The first-order chi connectivity index (χ1) is 9.67. The van der Waals surface area contributed by atoms with Crippen molar-refractivity contribution >= 4 is 33.0 Å². The van der Waals surface area contributed by atoms with Crippen molar-refractivity contribution in [2.45, 2.75) is 0 Å². The summed E-state index contributed by atoms with van der Waals surface area (Å²) in [5.74, 6) is -0.0589. The maximum Gasteiger partial charge on any atom is 0.356 e. The van der Waals surface area contributed by atoms with Gasteiger partial charge in [0.1, 0.15) is 11.2 Å². The predicted molar refractivity (Wildman–Crippen MR) is 76.3 cm³/mol. The van der Waals surface area contributed by atoms with Gasteiger partial charge in [0, 0.05) is 16.2 Å². The van der Waals surface area contributed by atoms with Gasteiger partial charge in [0.2, 0.25) is 5.89 Å². The van der Waals surface area contributed by atoms with Gasteiger partial charge in [-0.3, -0.25) is 0 Å².